The first-order valence-electron chi connectivity index (χ1n) is 10.4. The van der Waals surface area contributed by atoms with Gasteiger partial charge in [-0.05, 0) is 38.0 Å². The van der Waals surface area contributed by atoms with E-state index in [1.54, 1.807) is 23.7 Å². The fourth-order valence-electron chi connectivity index (χ4n) is 3.47. The topological polar surface area (TPSA) is 127 Å². The summed E-state index contributed by atoms with van der Waals surface area (Å²) >= 11 is 0. The van der Waals surface area contributed by atoms with Gasteiger partial charge >= 0.3 is 12.0 Å². The van der Waals surface area contributed by atoms with Crippen LogP contribution in [0.2, 0.25) is 0 Å². The number of aromatic nitrogens is 3. The molecule has 1 heterocycles. The molecule has 0 unspecified atom stereocenters. The third kappa shape index (κ3) is 5.91. The van der Waals surface area contributed by atoms with Crippen molar-refractivity contribution in [3.63, 3.8) is 0 Å². The SMILES string of the molecule is CCOC(=O)CCNC(=O)NCCn1nnc2cc(C(=O)NC3CCCC3)ccc21. The number of esters is 1. The van der Waals surface area contributed by atoms with E-state index in [-0.39, 0.29) is 36.9 Å². The highest BCUT2D eigenvalue weighted by Gasteiger charge is 2.18. The molecule has 1 saturated carbocycles. The van der Waals surface area contributed by atoms with Crippen LogP contribution in [0.5, 0.6) is 0 Å². The average molecular weight is 416 g/mol. The maximum absolute atomic E-state index is 12.4. The molecule has 0 radical (unpaired) electrons. The number of hydrogen-bond acceptors (Lipinski definition) is 6. The Morgan fingerprint density at radius 1 is 1.17 bits per heavy atom. The molecule has 10 nitrogen and oxygen atoms in total. The second-order valence-electron chi connectivity index (χ2n) is 7.21. The largest absolute Gasteiger partial charge is 0.466 e. The third-order valence-corrected chi connectivity index (χ3v) is 5.00. The molecule has 0 bridgehead atoms. The van der Waals surface area contributed by atoms with Gasteiger partial charge in [-0.15, -0.1) is 5.10 Å². The molecule has 1 aliphatic rings. The maximum Gasteiger partial charge on any atom is 0.314 e. The van der Waals surface area contributed by atoms with Crippen molar-refractivity contribution in [1.29, 1.82) is 0 Å². The number of rotatable bonds is 9. The minimum atomic E-state index is -0.366. The molecular formula is C20H28N6O4. The van der Waals surface area contributed by atoms with Gasteiger partial charge in [0.2, 0.25) is 0 Å². The Balaban J connectivity index is 1.45. The molecule has 0 atom stereocenters. The van der Waals surface area contributed by atoms with Gasteiger partial charge in [-0.25, -0.2) is 9.48 Å². The summed E-state index contributed by atoms with van der Waals surface area (Å²) in [6, 6.07) is 5.21. The van der Waals surface area contributed by atoms with Crippen LogP contribution in [0.3, 0.4) is 0 Å². The minimum absolute atomic E-state index is 0.0838. The first-order chi connectivity index (χ1) is 14.6. The zero-order chi connectivity index (χ0) is 21.3. The van der Waals surface area contributed by atoms with Gasteiger partial charge in [0.1, 0.15) is 5.52 Å². The summed E-state index contributed by atoms with van der Waals surface area (Å²) < 4.78 is 6.47. The second-order valence-corrected chi connectivity index (χ2v) is 7.21. The summed E-state index contributed by atoms with van der Waals surface area (Å²) in [5, 5.41) is 16.6. The Kier molecular flexibility index (Phi) is 7.58. The predicted molar refractivity (Wildman–Crippen MR) is 110 cm³/mol. The number of nitrogens with zero attached hydrogens (tertiary/aromatic N) is 3. The van der Waals surface area contributed by atoms with Gasteiger partial charge in [-0.2, -0.15) is 0 Å². The second kappa shape index (κ2) is 10.6. The van der Waals surface area contributed by atoms with Crippen LogP contribution < -0.4 is 16.0 Å². The van der Waals surface area contributed by atoms with Gasteiger partial charge in [0.05, 0.1) is 25.1 Å². The zero-order valence-electron chi connectivity index (χ0n) is 17.1. The summed E-state index contributed by atoms with van der Waals surface area (Å²) in [6.45, 7) is 3.03. The van der Waals surface area contributed by atoms with Gasteiger partial charge in [-0.1, -0.05) is 18.1 Å². The van der Waals surface area contributed by atoms with Crippen molar-refractivity contribution in [2.75, 3.05) is 19.7 Å². The molecule has 1 aromatic carbocycles. The zero-order valence-corrected chi connectivity index (χ0v) is 17.1. The van der Waals surface area contributed by atoms with Crippen LogP contribution in [0.15, 0.2) is 18.2 Å². The summed E-state index contributed by atoms with van der Waals surface area (Å²) in [5.41, 5.74) is 1.99. The molecule has 3 rings (SSSR count). The van der Waals surface area contributed by atoms with Crippen molar-refractivity contribution >= 4 is 28.9 Å². The van der Waals surface area contributed by atoms with Crippen LogP contribution in [-0.2, 0) is 16.1 Å². The number of nitrogens with one attached hydrogen (secondary N) is 3. The third-order valence-electron chi connectivity index (χ3n) is 5.00. The van der Waals surface area contributed by atoms with Crippen LogP contribution in [0.4, 0.5) is 4.79 Å². The molecule has 3 N–H and O–H groups in total. The Morgan fingerprint density at radius 2 is 1.93 bits per heavy atom. The summed E-state index contributed by atoms with van der Waals surface area (Å²) in [6.07, 6.45) is 4.53. The Bertz CT molecular complexity index is 891. The van der Waals surface area contributed by atoms with Gasteiger partial charge in [0.15, 0.2) is 0 Å². The fraction of sp³-hybridized carbons (Fsp3) is 0.550. The lowest BCUT2D eigenvalue weighted by Gasteiger charge is -2.11. The standard InChI is InChI=1S/C20H28N6O4/c1-2-30-18(27)9-10-21-20(29)22-11-12-26-17-8-7-14(13-16(17)24-25-26)19(28)23-15-5-3-4-6-15/h7-8,13,15H,2-6,9-12H2,1H3,(H,23,28)(H2,21,22,29). The van der Waals surface area contributed by atoms with E-state index in [2.05, 4.69) is 26.3 Å². The molecule has 0 spiro atoms. The number of carbonyl (C=O) groups excluding carboxylic acids is 3. The molecule has 0 saturated heterocycles. The summed E-state index contributed by atoms with van der Waals surface area (Å²) in [5.74, 6) is -0.428. The van der Waals surface area contributed by atoms with Crippen molar-refractivity contribution in [3.05, 3.63) is 23.8 Å². The number of fused-ring (bicyclic) bond motifs is 1. The number of benzene rings is 1. The highest BCUT2D eigenvalue weighted by Crippen LogP contribution is 2.19. The lowest BCUT2D eigenvalue weighted by Crippen LogP contribution is -2.38. The van der Waals surface area contributed by atoms with E-state index in [0.717, 1.165) is 31.2 Å². The Hall–Kier alpha value is -3.17. The van der Waals surface area contributed by atoms with Crippen LogP contribution in [0.1, 0.15) is 49.4 Å². The molecule has 2 aromatic rings. The predicted octanol–water partition coefficient (Wildman–Crippen LogP) is 1.36. The van der Waals surface area contributed by atoms with Crippen LogP contribution >= 0.6 is 0 Å². The van der Waals surface area contributed by atoms with Gasteiger partial charge in [0, 0.05) is 24.7 Å². The molecule has 0 aliphatic heterocycles. The van der Waals surface area contributed by atoms with E-state index in [1.165, 1.54) is 0 Å². The van der Waals surface area contributed by atoms with Crippen LogP contribution in [0.25, 0.3) is 11.0 Å². The van der Waals surface area contributed by atoms with Crippen molar-refractivity contribution < 1.29 is 19.1 Å². The monoisotopic (exact) mass is 416 g/mol. The number of urea groups is 1. The fourth-order valence-corrected chi connectivity index (χ4v) is 3.47. The van der Waals surface area contributed by atoms with Gasteiger partial charge < -0.3 is 20.7 Å². The smallest absolute Gasteiger partial charge is 0.314 e. The van der Waals surface area contributed by atoms with E-state index in [1.807, 2.05) is 6.07 Å². The molecule has 3 amide bonds. The molecule has 1 aromatic heterocycles. The van der Waals surface area contributed by atoms with Crippen molar-refractivity contribution in [3.8, 4) is 0 Å². The van der Waals surface area contributed by atoms with E-state index in [0.29, 0.717) is 30.8 Å². The Morgan fingerprint density at radius 3 is 2.70 bits per heavy atom. The number of carbonyl (C=O) groups is 3. The summed E-state index contributed by atoms with van der Waals surface area (Å²) in [4.78, 5) is 35.4. The van der Waals surface area contributed by atoms with E-state index in [4.69, 9.17) is 4.74 Å². The number of amides is 3. The summed E-state index contributed by atoms with van der Waals surface area (Å²) in [7, 11) is 0. The quantitative estimate of drug-likeness (QED) is 0.530. The average Bonchev–Trinajstić information content (AvgIpc) is 3.38. The number of ether oxygens (including phenoxy) is 1. The van der Waals surface area contributed by atoms with Gasteiger partial charge in [-0.3, -0.25) is 9.59 Å². The highest BCUT2D eigenvalue weighted by atomic mass is 16.5. The van der Waals surface area contributed by atoms with E-state index in [9.17, 15) is 14.4 Å². The van der Waals surface area contributed by atoms with Crippen LogP contribution in [0, 0.1) is 0 Å². The van der Waals surface area contributed by atoms with Crippen molar-refractivity contribution in [2.45, 2.75) is 51.6 Å². The lowest BCUT2D eigenvalue weighted by atomic mass is 10.1. The van der Waals surface area contributed by atoms with E-state index < -0.39 is 0 Å². The van der Waals surface area contributed by atoms with Crippen molar-refractivity contribution in [2.24, 2.45) is 0 Å². The number of hydrogen-bond donors (Lipinski definition) is 3. The van der Waals surface area contributed by atoms with E-state index >= 15 is 0 Å². The molecule has 10 heteroatoms. The first-order valence-corrected chi connectivity index (χ1v) is 10.4. The van der Waals surface area contributed by atoms with Crippen LogP contribution in [-0.4, -0.2) is 58.6 Å². The van der Waals surface area contributed by atoms with Crippen molar-refractivity contribution in [1.82, 2.24) is 30.9 Å². The minimum Gasteiger partial charge on any atom is -0.466 e. The first kappa shape index (κ1) is 21.5. The maximum atomic E-state index is 12.4. The molecular weight excluding hydrogens is 388 g/mol. The molecule has 162 valence electrons. The molecule has 1 aliphatic carbocycles. The molecule has 30 heavy (non-hydrogen) atoms. The lowest BCUT2D eigenvalue weighted by molar-refractivity contribution is -0.142. The van der Waals surface area contributed by atoms with Gasteiger partial charge in [0.25, 0.3) is 5.91 Å². The highest BCUT2D eigenvalue weighted by molar-refractivity contribution is 5.97. The Labute approximate surface area is 174 Å². The normalized spacial score (nSPS) is 13.9. The molecule has 1 fully saturated rings.